The molecule has 1 aromatic rings. The topological polar surface area (TPSA) is 49.3 Å². The lowest BCUT2D eigenvalue weighted by Gasteiger charge is -2.24. The van der Waals surface area contributed by atoms with Crippen molar-refractivity contribution in [2.75, 3.05) is 6.61 Å². The summed E-state index contributed by atoms with van der Waals surface area (Å²) in [7, 11) is 0. The summed E-state index contributed by atoms with van der Waals surface area (Å²) < 4.78 is 0. The van der Waals surface area contributed by atoms with Crippen LogP contribution < -0.4 is 5.32 Å². The van der Waals surface area contributed by atoms with Crippen molar-refractivity contribution >= 4 is 5.91 Å². The number of nitrogens with one attached hydrogen (secondary N) is 1. The van der Waals surface area contributed by atoms with Crippen LogP contribution in [0.5, 0.6) is 0 Å². The summed E-state index contributed by atoms with van der Waals surface area (Å²) >= 11 is 0. The van der Waals surface area contributed by atoms with Crippen LogP contribution in [0.1, 0.15) is 45.6 Å². The van der Waals surface area contributed by atoms with E-state index in [1.165, 1.54) is 5.56 Å². The van der Waals surface area contributed by atoms with Crippen LogP contribution in [-0.2, 0) is 4.79 Å². The van der Waals surface area contributed by atoms with Crippen LogP contribution in [0.15, 0.2) is 30.3 Å². The maximum atomic E-state index is 12.2. The Labute approximate surface area is 122 Å². The van der Waals surface area contributed by atoms with E-state index in [0.29, 0.717) is 12.3 Å². The van der Waals surface area contributed by atoms with Crippen molar-refractivity contribution in [1.82, 2.24) is 5.32 Å². The van der Waals surface area contributed by atoms with E-state index in [9.17, 15) is 4.79 Å². The lowest BCUT2D eigenvalue weighted by atomic mass is 9.85. The minimum absolute atomic E-state index is 0.00362. The van der Waals surface area contributed by atoms with Crippen LogP contribution in [0.2, 0.25) is 0 Å². The van der Waals surface area contributed by atoms with Gasteiger partial charge < -0.3 is 10.4 Å². The van der Waals surface area contributed by atoms with Crippen LogP contribution in [0, 0.1) is 11.8 Å². The number of carbonyl (C=O) groups excluding carboxylic acids is 1. The first-order valence-electron chi connectivity index (χ1n) is 7.40. The highest BCUT2D eigenvalue weighted by Crippen LogP contribution is 2.27. The Kier molecular flexibility index (Phi) is 6.73. The molecular weight excluding hydrogens is 250 g/mol. The largest absolute Gasteiger partial charge is 0.396 e. The van der Waals surface area contributed by atoms with Gasteiger partial charge in [0.2, 0.25) is 5.91 Å². The van der Waals surface area contributed by atoms with E-state index in [-0.39, 0.29) is 30.4 Å². The smallest absolute Gasteiger partial charge is 0.220 e. The average Bonchev–Trinajstić information content (AvgIpc) is 2.44. The Morgan fingerprint density at radius 3 is 2.25 bits per heavy atom. The lowest BCUT2D eigenvalue weighted by Crippen LogP contribution is -2.39. The van der Waals surface area contributed by atoms with Crippen LogP contribution in [-0.4, -0.2) is 23.7 Å². The molecule has 0 fully saturated rings. The molecule has 3 nitrogen and oxygen atoms in total. The summed E-state index contributed by atoms with van der Waals surface area (Å²) in [6, 6.07) is 10.2. The predicted octanol–water partition coefficient (Wildman–Crippen LogP) is 2.95. The number of hydrogen-bond acceptors (Lipinski definition) is 2. The quantitative estimate of drug-likeness (QED) is 0.805. The van der Waals surface area contributed by atoms with Crippen molar-refractivity contribution in [1.29, 1.82) is 0 Å². The van der Waals surface area contributed by atoms with Gasteiger partial charge in [-0.2, -0.15) is 0 Å². The van der Waals surface area contributed by atoms with Crippen LogP contribution in [0.25, 0.3) is 0 Å². The van der Waals surface area contributed by atoms with E-state index >= 15 is 0 Å². The number of aliphatic hydroxyl groups excluding tert-OH is 1. The molecule has 0 aliphatic carbocycles. The highest BCUT2D eigenvalue weighted by molar-refractivity contribution is 5.77. The first kappa shape index (κ1) is 16.7. The van der Waals surface area contributed by atoms with E-state index < -0.39 is 0 Å². The fraction of sp³-hybridized carbons (Fsp3) is 0.588. The van der Waals surface area contributed by atoms with Gasteiger partial charge in [-0.15, -0.1) is 0 Å². The normalized spacial score (nSPS) is 15.7. The molecule has 0 aliphatic rings. The average molecular weight is 277 g/mol. The monoisotopic (exact) mass is 277 g/mol. The van der Waals surface area contributed by atoms with Crippen LogP contribution in [0.4, 0.5) is 0 Å². The van der Waals surface area contributed by atoms with Gasteiger partial charge in [-0.25, -0.2) is 0 Å². The zero-order valence-corrected chi connectivity index (χ0v) is 13.0. The molecule has 0 heterocycles. The van der Waals surface area contributed by atoms with Crippen molar-refractivity contribution in [2.24, 2.45) is 11.8 Å². The van der Waals surface area contributed by atoms with Gasteiger partial charge >= 0.3 is 0 Å². The molecule has 3 heteroatoms. The molecule has 3 atom stereocenters. The van der Waals surface area contributed by atoms with Crippen molar-refractivity contribution in [3.8, 4) is 0 Å². The van der Waals surface area contributed by atoms with Gasteiger partial charge in [0.05, 0.1) is 0 Å². The molecule has 1 rings (SSSR count). The maximum Gasteiger partial charge on any atom is 0.220 e. The molecule has 112 valence electrons. The minimum Gasteiger partial charge on any atom is -0.396 e. The minimum atomic E-state index is -0.00362. The molecule has 0 saturated heterocycles. The summed E-state index contributed by atoms with van der Waals surface area (Å²) in [5, 5.41) is 12.1. The highest BCUT2D eigenvalue weighted by Gasteiger charge is 2.21. The van der Waals surface area contributed by atoms with E-state index in [4.69, 9.17) is 5.11 Å². The second-order valence-electron chi connectivity index (χ2n) is 5.98. The van der Waals surface area contributed by atoms with Crippen molar-refractivity contribution in [3.05, 3.63) is 35.9 Å². The van der Waals surface area contributed by atoms with Gasteiger partial charge in [0.1, 0.15) is 0 Å². The van der Waals surface area contributed by atoms with Crippen molar-refractivity contribution in [3.63, 3.8) is 0 Å². The molecule has 1 aromatic carbocycles. The number of hydrogen-bond donors (Lipinski definition) is 2. The fourth-order valence-corrected chi connectivity index (χ4v) is 2.25. The van der Waals surface area contributed by atoms with E-state index in [2.05, 4.69) is 31.3 Å². The molecule has 0 aromatic heterocycles. The summed E-state index contributed by atoms with van der Waals surface area (Å²) in [5.74, 6) is 0.773. The Balaban J connectivity index is 2.65. The molecule has 3 unspecified atom stereocenters. The maximum absolute atomic E-state index is 12.2. The summed E-state index contributed by atoms with van der Waals surface area (Å²) in [5.41, 5.74) is 1.21. The molecule has 1 amide bonds. The lowest BCUT2D eigenvalue weighted by molar-refractivity contribution is -0.122. The Morgan fingerprint density at radius 2 is 1.75 bits per heavy atom. The number of aliphatic hydroxyl groups is 1. The zero-order valence-electron chi connectivity index (χ0n) is 13.0. The standard InChI is InChI=1S/C17H27NO2/c1-12(2)16(15-8-6-5-7-9-15)10-17(20)18-14(4)13(3)11-19/h5-9,12-14,16,19H,10-11H2,1-4H3,(H,18,20). The molecule has 0 radical (unpaired) electrons. The number of benzene rings is 1. The van der Waals surface area contributed by atoms with Crippen molar-refractivity contribution in [2.45, 2.75) is 46.1 Å². The second-order valence-corrected chi connectivity index (χ2v) is 5.98. The third kappa shape index (κ3) is 4.97. The third-order valence-electron chi connectivity index (χ3n) is 3.97. The van der Waals surface area contributed by atoms with E-state index in [1.807, 2.05) is 32.0 Å². The predicted molar refractivity (Wildman–Crippen MR) is 82.5 cm³/mol. The number of carbonyl (C=O) groups is 1. The van der Waals surface area contributed by atoms with Gasteiger partial charge in [0.25, 0.3) is 0 Å². The van der Waals surface area contributed by atoms with Gasteiger partial charge in [-0.1, -0.05) is 51.1 Å². The summed E-state index contributed by atoms with van der Waals surface area (Å²) in [6.07, 6.45) is 0.490. The Hall–Kier alpha value is -1.35. The molecule has 0 aliphatic heterocycles. The number of amides is 1. The Morgan fingerprint density at radius 1 is 1.15 bits per heavy atom. The summed E-state index contributed by atoms with van der Waals surface area (Å²) in [6.45, 7) is 8.25. The van der Waals surface area contributed by atoms with Gasteiger partial charge in [-0.05, 0) is 30.2 Å². The SMILES string of the molecule is CC(C)C(CC(=O)NC(C)C(C)CO)c1ccccc1. The summed E-state index contributed by atoms with van der Waals surface area (Å²) in [4.78, 5) is 12.2. The van der Waals surface area contributed by atoms with E-state index in [1.54, 1.807) is 0 Å². The molecule has 2 N–H and O–H groups in total. The van der Waals surface area contributed by atoms with Gasteiger partial charge in [0.15, 0.2) is 0 Å². The van der Waals surface area contributed by atoms with E-state index in [0.717, 1.165) is 0 Å². The highest BCUT2D eigenvalue weighted by atomic mass is 16.3. The van der Waals surface area contributed by atoms with Crippen LogP contribution >= 0.6 is 0 Å². The van der Waals surface area contributed by atoms with Crippen LogP contribution in [0.3, 0.4) is 0 Å². The molecular formula is C17H27NO2. The second kappa shape index (κ2) is 8.05. The first-order valence-corrected chi connectivity index (χ1v) is 7.40. The molecule has 0 spiro atoms. The van der Waals surface area contributed by atoms with Gasteiger partial charge in [0, 0.05) is 19.1 Å². The first-order chi connectivity index (χ1) is 9.45. The molecule has 20 heavy (non-hydrogen) atoms. The third-order valence-corrected chi connectivity index (χ3v) is 3.97. The molecule has 0 saturated carbocycles. The molecule has 0 bridgehead atoms. The fourth-order valence-electron chi connectivity index (χ4n) is 2.25. The van der Waals surface area contributed by atoms with Crippen molar-refractivity contribution < 1.29 is 9.90 Å². The Bertz CT molecular complexity index is 403. The van der Waals surface area contributed by atoms with Gasteiger partial charge in [-0.3, -0.25) is 4.79 Å². The number of rotatable bonds is 7. The zero-order chi connectivity index (χ0) is 15.1.